The number of nitrogens with two attached hydrogens (primary N) is 1. The van der Waals surface area contributed by atoms with Crippen molar-refractivity contribution in [3.05, 3.63) is 32.8 Å². The number of halogens is 1. The predicted molar refractivity (Wildman–Crippen MR) is 83.5 cm³/mol. The molecule has 0 heterocycles. The number of rotatable bonds is 7. The molecule has 9 heteroatoms. The molecule has 0 aliphatic rings. The number of nitro benzene ring substituents is 1. The highest BCUT2D eigenvalue weighted by Gasteiger charge is 2.25. The van der Waals surface area contributed by atoms with E-state index in [4.69, 9.17) is 5.73 Å². The second kappa shape index (κ2) is 6.82. The van der Waals surface area contributed by atoms with Crippen LogP contribution < -0.4 is 10.5 Å². The van der Waals surface area contributed by atoms with Crippen molar-refractivity contribution in [2.75, 3.05) is 6.54 Å². The number of sulfonamides is 1. The maximum Gasteiger partial charge on any atom is 0.283 e. The van der Waals surface area contributed by atoms with Crippen molar-refractivity contribution in [1.29, 1.82) is 0 Å². The second-order valence-corrected chi connectivity index (χ2v) is 7.39. The predicted octanol–water partition coefficient (Wildman–Crippen LogP) is 2.15. The van der Waals surface area contributed by atoms with Gasteiger partial charge in [0.25, 0.3) is 5.69 Å². The van der Waals surface area contributed by atoms with E-state index in [0.717, 1.165) is 6.07 Å². The Labute approximate surface area is 132 Å². The Morgan fingerprint density at radius 2 is 1.95 bits per heavy atom. The maximum atomic E-state index is 12.2. The summed E-state index contributed by atoms with van der Waals surface area (Å²) in [4.78, 5) is 10.1. The Bertz CT molecular complexity index is 629. The molecular weight excluding hydrogens is 362 g/mol. The van der Waals surface area contributed by atoms with Gasteiger partial charge in [-0.05, 0) is 40.9 Å². The molecule has 0 atom stereocenters. The van der Waals surface area contributed by atoms with Gasteiger partial charge in [0.1, 0.15) is 0 Å². The van der Waals surface area contributed by atoms with E-state index in [-0.39, 0.29) is 21.6 Å². The van der Waals surface area contributed by atoms with E-state index in [1.54, 1.807) is 0 Å². The smallest absolute Gasteiger partial charge is 0.283 e. The van der Waals surface area contributed by atoms with Crippen LogP contribution in [-0.2, 0) is 10.0 Å². The summed E-state index contributed by atoms with van der Waals surface area (Å²) in [5, 5.41) is 10.7. The van der Waals surface area contributed by atoms with Crippen LogP contribution >= 0.6 is 15.9 Å². The van der Waals surface area contributed by atoms with Gasteiger partial charge in [-0.15, -0.1) is 0 Å². The van der Waals surface area contributed by atoms with Gasteiger partial charge >= 0.3 is 0 Å². The Morgan fingerprint density at radius 3 is 2.38 bits per heavy atom. The van der Waals surface area contributed by atoms with Crippen LogP contribution in [0.3, 0.4) is 0 Å². The molecule has 0 spiro atoms. The van der Waals surface area contributed by atoms with Gasteiger partial charge in [-0.25, -0.2) is 13.1 Å². The Hall–Kier alpha value is -1.03. The summed E-state index contributed by atoms with van der Waals surface area (Å²) < 4.78 is 26.9. The minimum atomic E-state index is -3.76. The van der Waals surface area contributed by atoms with Crippen molar-refractivity contribution in [3.63, 3.8) is 0 Å². The number of nitrogens with zero attached hydrogens (tertiary/aromatic N) is 1. The largest absolute Gasteiger partial charge is 0.324 e. The lowest BCUT2D eigenvalue weighted by molar-refractivity contribution is -0.385. The summed E-state index contributed by atoms with van der Waals surface area (Å²) in [5.74, 6) is 0. The zero-order valence-electron chi connectivity index (χ0n) is 11.8. The summed E-state index contributed by atoms with van der Waals surface area (Å²) in [5.41, 5.74) is 5.25. The molecule has 118 valence electrons. The van der Waals surface area contributed by atoms with Crippen LogP contribution in [0, 0.1) is 10.1 Å². The minimum Gasteiger partial charge on any atom is -0.324 e. The fraction of sp³-hybridized carbons (Fsp3) is 0.500. The monoisotopic (exact) mass is 379 g/mol. The quantitative estimate of drug-likeness (QED) is 0.556. The van der Waals surface area contributed by atoms with Gasteiger partial charge in [-0.3, -0.25) is 10.1 Å². The van der Waals surface area contributed by atoms with Gasteiger partial charge in [0, 0.05) is 18.2 Å². The van der Waals surface area contributed by atoms with Crippen molar-refractivity contribution in [3.8, 4) is 0 Å². The molecule has 21 heavy (non-hydrogen) atoms. The first-order valence-electron chi connectivity index (χ1n) is 6.37. The summed E-state index contributed by atoms with van der Waals surface area (Å²) in [6.07, 6.45) is 1.27. The van der Waals surface area contributed by atoms with Crippen molar-refractivity contribution < 1.29 is 13.3 Å². The number of benzene rings is 1. The van der Waals surface area contributed by atoms with Crippen LogP contribution in [0.2, 0.25) is 0 Å². The molecule has 0 aromatic heterocycles. The van der Waals surface area contributed by atoms with E-state index >= 15 is 0 Å². The summed E-state index contributed by atoms with van der Waals surface area (Å²) >= 11 is 3.00. The third-order valence-electron chi connectivity index (χ3n) is 3.45. The molecule has 0 bridgehead atoms. The van der Waals surface area contributed by atoms with E-state index < -0.39 is 20.5 Å². The van der Waals surface area contributed by atoms with Gasteiger partial charge in [-0.1, -0.05) is 13.8 Å². The van der Waals surface area contributed by atoms with Crippen LogP contribution in [0.1, 0.15) is 26.7 Å². The summed E-state index contributed by atoms with van der Waals surface area (Å²) in [7, 11) is -3.76. The van der Waals surface area contributed by atoms with E-state index in [1.165, 1.54) is 12.1 Å². The fourth-order valence-corrected chi connectivity index (χ4v) is 3.46. The average molecular weight is 380 g/mol. The third-order valence-corrected chi connectivity index (χ3v) is 5.48. The molecule has 0 aliphatic carbocycles. The first kappa shape index (κ1) is 18.0. The molecular formula is C12H18BrN3O4S. The molecule has 0 aliphatic heterocycles. The van der Waals surface area contributed by atoms with Crippen molar-refractivity contribution in [1.82, 2.24) is 4.72 Å². The molecule has 0 fully saturated rings. The third kappa shape index (κ3) is 4.47. The Morgan fingerprint density at radius 1 is 1.38 bits per heavy atom. The first-order chi connectivity index (χ1) is 9.65. The van der Waals surface area contributed by atoms with Crippen LogP contribution in [0.4, 0.5) is 5.69 Å². The van der Waals surface area contributed by atoms with Gasteiger partial charge in [0.2, 0.25) is 10.0 Å². The molecule has 1 aromatic rings. The number of hydrogen-bond acceptors (Lipinski definition) is 5. The number of nitrogens with one attached hydrogen (secondary N) is 1. The lowest BCUT2D eigenvalue weighted by Crippen LogP contribution is -2.49. The van der Waals surface area contributed by atoms with Gasteiger partial charge in [-0.2, -0.15) is 0 Å². The van der Waals surface area contributed by atoms with E-state index in [0.29, 0.717) is 12.8 Å². The summed E-state index contributed by atoms with van der Waals surface area (Å²) in [6, 6.07) is 3.55. The van der Waals surface area contributed by atoms with Crippen LogP contribution in [-0.4, -0.2) is 25.4 Å². The Kier molecular flexibility index (Phi) is 5.85. The van der Waals surface area contributed by atoms with Crippen molar-refractivity contribution in [2.24, 2.45) is 5.73 Å². The zero-order chi connectivity index (χ0) is 16.3. The lowest BCUT2D eigenvalue weighted by atomic mass is 9.95. The highest BCUT2D eigenvalue weighted by Crippen LogP contribution is 2.27. The maximum absolute atomic E-state index is 12.2. The highest BCUT2D eigenvalue weighted by molar-refractivity contribution is 9.10. The standard InChI is InChI=1S/C12H18BrN3O4S/c1-3-12(14,4-2)8-15-21(19,20)9-5-6-11(16(17)18)10(13)7-9/h5-7,15H,3-4,8,14H2,1-2H3. The fourth-order valence-electron chi connectivity index (χ4n) is 1.62. The molecule has 0 saturated carbocycles. The molecule has 7 nitrogen and oxygen atoms in total. The van der Waals surface area contributed by atoms with Crippen LogP contribution in [0.5, 0.6) is 0 Å². The van der Waals surface area contributed by atoms with E-state index in [9.17, 15) is 18.5 Å². The summed E-state index contributed by atoms with van der Waals surface area (Å²) in [6.45, 7) is 3.89. The van der Waals surface area contributed by atoms with Crippen molar-refractivity contribution in [2.45, 2.75) is 37.1 Å². The molecule has 0 amide bonds. The SMILES string of the molecule is CCC(N)(CC)CNS(=O)(=O)c1ccc([N+](=O)[O-])c(Br)c1. The zero-order valence-corrected chi connectivity index (χ0v) is 14.2. The molecule has 0 unspecified atom stereocenters. The lowest BCUT2D eigenvalue weighted by Gasteiger charge is -2.26. The van der Waals surface area contributed by atoms with E-state index in [1.807, 2.05) is 13.8 Å². The van der Waals surface area contributed by atoms with Crippen molar-refractivity contribution >= 4 is 31.6 Å². The Balaban J connectivity index is 2.99. The van der Waals surface area contributed by atoms with Gasteiger partial charge in [0.15, 0.2) is 0 Å². The molecule has 0 radical (unpaired) electrons. The average Bonchev–Trinajstić information content (AvgIpc) is 2.44. The topological polar surface area (TPSA) is 115 Å². The molecule has 3 N–H and O–H groups in total. The number of hydrogen-bond donors (Lipinski definition) is 2. The second-order valence-electron chi connectivity index (χ2n) is 4.76. The minimum absolute atomic E-state index is 0.0467. The van der Waals surface area contributed by atoms with Gasteiger partial charge < -0.3 is 5.73 Å². The van der Waals surface area contributed by atoms with Crippen LogP contribution in [0.15, 0.2) is 27.6 Å². The highest BCUT2D eigenvalue weighted by atomic mass is 79.9. The van der Waals surface area contributed by atoms with Crippen LogP contribution in [0.25, 0.3) is 0 Å². The van der Waals surface area contributed by atoms with E-state index in [2.05, 4.69) is 20.7 Å². The molecule has 1 rings (SSSR count). The normalized spacial score (nSPS) is 12.4. The first-order valence-corrected chi connectivity index (χ1v) is 8.65. The van der Waals surface area contributed by atoms with Gasteiger partial charge in [0.05, 0.1) is 14.3 Å². The molecule has 0 saturated heterocycles. The molecule has 1 aromatic carbocycles. The number of nitro groups is 1.